The van der Waals surface area contributed by atoms with Gasteiger partial charge in [0.15, 0.2) is 0 Å². The fourth-order valence-electron chi connectivity index (χ4n) is 3.98. The third-order valence-electron chi connectivity index (χ3n) is 5.70. The summed E-state index contributed by atoms with van der Waals surface area (Å²) in [5.41, 5.74) is -3.07. The van der Waals surface area contributed by atoms with Crippen LogP contribution in [0.25, 0.3) is 16.5 Å². The Kier molecular flexibility index (Phi) is 5.93. The fourth-order valence-corrected chi connectivity index (χ4v) is 4.66. The summed E-state index contributed by atoms with van der Waals surface area (Å²) in [5, 5.41) is 8.46. The van der Waals surface area contributed by atoms with Crippen LogP contribution >= 0.6 is 11.3 Å². The van der Waals surface area contributed by atoms with Crippen LogP contribution in [-0.2, 0) is 25.2 Å². The maximum Gasteiger partial charge on any atom is 0.416 e. The molecule has 1 amide bonds. The summed E-state index contributed by atoms with van der Waals surface area (Å²) in [6, 6.07) is 5.46. The third-order valence-corrected chi connectivity index (χ3v) is 6.60. The van der Waals surface area contributed by atoms with Crippen molar-refractivity contribution in [1.29, 1.82) is 0 Å². The van der Waals surface area contributed by atoms with Crippen molar-refractivity contribution in [2.24, 2.45) is 0 Å². The minimum atomic E-state index is -5.11. The minimum absolute atomic E-state index is 0.0521. The molecule has 2 N–H and O–H groups in total. The number of aromatic amines is 1. The standard InChI is InChI=1S/C23H15F6N5O2S/c24-22(25,26)12-7-11(8-13(9-12)23(27,28)29)19(35)31-18-10-16(17-5-2-6-37-17)33-34(18)21-30-15-4-1-3-14(15)20(36)32-21/h2,5-10H,1,3-4H2,(H,31,35)(H,30,32,36). The zero-order valence-electron chi connectivity index (χ0n) is 18.5. The minimum Gasteiger partial charge on any atom is -0.306 e. The molecule has 192 valence electrons. The van der Waals surface area contributed by atoms with Crippen LogP contribution in [0.2, 0.25) is 0 Å². The zero-order chi connectivity index (χ0) is 26.5. The molecule has 7 nitrogen and oxygen atoms in total. The highest BCUT2D eigenvalue weighted by atomic mass is 32.1. The SMILES string of the molecule is O=C(Nc1cc(-c2cccs2)nn1-c1nc2c(c(=O)[nH]1)CCC2)c1cc(C(F)(F)F)cc(C(F)(F)F)c1. The molecule has 1 aliphatic carbocycles. The molecule has 0 radical (unpaired) electrons. The van der Waals surface area contributed by atoms with Gasteiger partial charge < -0.3 is 5.32 Å². The summed E-state index contributed by atoms with van der Waals surface area (Å²) in [6.45, 7) is 0. The number of aromatic nitrogens is 4. The number of hydrogen-bond acceptors (Lipinski definition) is 5. The van der Waals surface area contributed by atoms with Crippen LogP contribution in [0.1, 0.15) is 39.2 Å². The number of aryl methyl sites for hydroxylation is 1. The highest BCUT2D eigenvalue weighted by molar-refractivity contribution is 7.13. The van der Waals surface area contributed by atoms with Crippen molar-refractivity contribution in [2.75, 3.05) is 5.32 Å². The average Bonchev–Trinajstić information content (AvgIpc) is 3.58. The molecule has 0 spiro atoms. The Morgan fingerprint density at radius 2 is 1.73 bits per heavy atom. The molecule has 0 saturated carbocycles. The van der Waals surface area contributed by atoms with Gasteiger partial charge in [0.25, 0.3) is 11.5 Å². The van der Waals surface area contributed by atoms with Crippen LogP contribution in [0.15, 0.2) is 46.6 Å². The van der Waals surface area contributed by atoms with Crippen molar-refractivity contribution in [3.8, 4) is 16.5 Å². The number of halogens is 6. The van der Waals surface area contributed by atoms with Gasteiger partial charge in [-0.2, -0.15) is 36.1 Å². The molecular formula is C23H15F6N5O2S. The number of carbonyl (C=O) groups excluding carboxylic acids is 1. The Morgan fingerprint density at radius 3 is 2.35 bits per heavy atom. The topological polar surface area (TPSA) is 92.7 Å². The van der Waals surface area contributed by atoms with Gasteiger partial charge in [-0.15, -0.1) is 11.3 Å². The summed E-state index contributed by atoms with van der Waals surface area (Å²) < 4.78 is 80.7. The van der Waals surface area contributed by atoms with Crippen LogP contribution in [-0.4, -0.2) is 25.7 Å². The van der Waals surface area contributed by atoms with E-state index in [4.69, 9.17) is 0 Å². The van der Waals surface area contributed by atoms with Gasteiger partial charge in [0.2, 0.25) is 5.95 Å². The first kappa shape index (κ1) is 24.7. The van der Waals surface area contributed by atoms with Gasteiger partial charge in [0.1, 0.15) is 11.5 Å². The number of benzene rings is 1. The first-order chi connectivity index (χ1) is 17.4. The Morgan fingerprint density at radius 1 is 1.03 bits per heavy atom. The number of rotatable bonds is 4. The first-order valence-electron chi connectivity index (χ1n) is 10.8. The first-order valence-corrected chi connectivity index (χ1v) is 11.7. The van der Waals surface area contributed by atoms with E-state index in [2.05, 4.69) is 20.4 Å². The van der Waals surface area contributed by atoms with E-state index in [0.717, 1.165) is 11.1 Å². The second-order valence-corrected chi connectivity index (χ2v) is 9.17. The number of nitrogens with zero attached hydrogens (tertiary/aromatic N) is 3. The van der Waals surface area contributed by atoms with Crippen LogP contribution < -0.4 is 10.9 Å². The smallest absolute Gasteiger partial charge is 0.306 e. The lowest BCUT2D eigenvalue weighted by atomic mass is 10.0. The highest BCUT2D eigenvalue weighted by Crippen LogP contribution is 2.36. The van der Waals surface area contributed by atoms with Gasteiger partial charge in [-0.3, -0.25) is 14.6 Å². The maximum absolute atomic E-state index is 13.3. The normalized spacial score (nSPS) is 13.6. The van der Waals surface area contributed by atoms with Gasteiger partial charge in [-0.1, -0.05) is 6.07 Å². The molecule has 3 aromatic heterocycles. The molecule has 37 heavy (non-hydrogen) atoms. The highest BCUT2D eigenvalue weighted by Gasteiger charge is 2.37. The van der Waals surface area contributed by atoms with Crippen LogP contribution in [0.3, 0.4) is 0 Å². The quantitative estimate of drug-likeness (QED) is 0.337. The molecule has 0 bridgehead atoms. The largest absolute Gasteiger partial charge is 0.416 e. The monoisotopic (exact) mass is 539 g/mol. The van der Waals surface area contributed by atoms with E-state index >= 15 is 0 Å². The molecule has 0 aliphatic heterocycles. The van der Waals surface area contributed by atoms with E-state index in [0.29, 0.717) is 46.8 Å². The van der Waals surface area contributed by atoms with E-state index in [-0.39, 0.29) is 17.8 Å². The lowest BCUT2D eigenvalue weighted by molar-refractivity contribution is -0.143. The molecule has 3 heterocycles. The summed E-state index contributed by atoms with van der Waals surface area (Å²) in [5.74, 6) is -1.40. The molecule has 5 rings (SSSR count). The number of thiophene rings is 1. The molecule has 0 fully saturated rings. The van der Waals surface area contributed by atoms with Gasteiger partial charge in [0.05, 0.1) is 21.7 Å². The molecule has 1 aromatic carbocycles. The molecule has 1 aliphatic rings. The number of amides is 1. The lowest BCUT2D eigenvalue weighted by Gasteiger charge is -2.14. The van der Waals surface area contributed by atoms with Crippen molar-refractivity contribution in [3.05, 3.63) is 80.1 Å². The number of alkyl halides is 6. The fraction of sp³-hybridized carbons (Fsp3) is 0.217. The maximum atomic E-state index is 13.3. The predicted octanol–water partition coefficient (Wildman–Crippen LogP) is 5.46. The molecule has 4 aromatic rings. The average molecular weight is 539 g/mol. The molecule has 0 atom stereocenters. The second-order valence-electron chi connectivity index (χ2n) is 8.22. The Bertz CT molecular complexity index is 1520. The summed E-state index contributed by atoms with van der Waals surface area (Å²) >= 11 is 1.31. The van der Waals surface area contributed by atoms with Gasteiger partial charge in [-0.25, -0.2) is 4.98 Å². The summed E-state index contributed by atoms with van der Waals surface area (Å²) in [6.07, 6.45) is -8.39. The van der Waals surface area contributed by atoms with Crippen molar-refractivity contribution in [1.82, 2.24) is 19.7 Å². The Balaban J connectivity index is 1.59. The predicted molar refractivity (Wildman–Crippen MR) is 122 cm³/mol. The third kappa shape index (κ3) is 4.88. The Labute approximate surface area is 207 Å². The van der Waals surface area contributed by atoms with Crippen LogP contribution in [0, 0.1) is 0 Å². The number of carbonyl (C=O) groups is 1. The van der Waals surface area contributed by atoms with E-state index in [1.54, 1.807) is 17.5 Å². The Hall–Kier alpha value is -3.94. The van der Waals surface area contributed by atoms with Crippen LogP contribution in [0.5, 0.6) is 0 Å². The molecule has 0 saturated heterocycles. The lowest BCUT2D eigenvalue weighted by Crippen LogP contribution is -2.22. The molecule has 0 unspecified atom stereocenters. The number of fused-ring (bicyclic) bond motifs is 1. The van der Waals surface area contributed by atoms with E-state index in [1.807, 2.05) is 0 Å². The summed E-state index contributed by atoms with van der Waals surface area (Å²) in [7, 11) is 0. The van der Waals surface area contributed by atoms with E-state index in [1.165, 1.54) is 17.4 Å². The number of anilines is 1. The molecule has 14 heteroatoms. The van der Waals surface area contributed by atoms with Crippen molar-refractivity contribution in [2.45, 2.75) is 31.6 Å². The second kappa shape index (κ2) is 8.87. The molecular weight excluding hydrogens is 524 g/mol. The van der Waals surface area contributed by atoms with Crippen molar-refractivity contribution < 1.29 is 31.1 Å². The van der Waals surface area contributed by atoms with E-state index in [9.17, 15) is 35.9 Å². The summed E-state index contributed by atoms with van der Waals surface area (Å²) in [4.78, 5) is 33.1. The number of hydrogen-bond donors (Lipinski definition) is 2. The van der Waals surface area contributed by atoms with Gasteiger partial charge >= 0.3 is 12.4 Å². The zero-order valence-corrected chi connectivity index (χ0v) is 19.3. The van der Waals surface area contributed by atoms with Crippen molar-refractivity contribution in [3.63, 3.8) is 0 Å². The van der Waals surface area contributed by atoms with E-state index < -0.39 is 40.5 Å². The van der Waals surface area contributed by atoms with Gasteiger partial charge in [-0.05, 0) is 48.9 Å². The number of nitrogens with one attached hydrogen (secondary N) is 2. The van der Waals surface area contributed by atoms with Crippen molar-refractivity contribution >= 4 is 23.1 Å². The van der Waals surface area contributed by atoms with Gasteiger partial charge in [0, 0.05) is 17.2 Å². The van der Waals surface area contributed by atoms with Crippen LogP contribution in [0.4, 0.5) is 32.2 Å². The number of H-pyrrole nitrogens is 1.